The van der Waals surface area contributed by atoms with Gasteiger partial charge in [0.1, 0.15) is 0 Å². The molecular weight excluding hydrogens is 368 g/mol. The van der Waals surface area contributed by atoms with Crippen LogP contribution in [0.15, 0.2) is 65.7 Å². The number of halogens is 1. The van der Waals surface area contributed by atoms with E-state index in [9.17, 15) is 0 Å². The molecule has 1 aliphatic heterocycles. The second-order valence-electron chi connectivity index (χ2n) is 7.81. The molecule has 0 amide bonds. The lowest BCUT2D eigenvalue weighted by molar-refractivity contribution is 0.0956. The van der Waals surface area contributed by atoms with Gasteiger partial charge in [-0.3, -0.25) is 4.99 Å². The minimum atomic E-state index is 0. The number of nitrogens with zero attached hydrogens (tertiary/aromatic N) is 2. The van der Waals surface area contributed by atoms with E-state index in [0.717, 1.165) is 39.3 Å². The average Bonchev–Trinajstić information content (AvgIpc) is 3.22. The van der Waals surface area contributed by atoms with E-state index in [2.05, 4.69) is 79.4 Å². The summed E-state index contributed by atoms with van der Waals surface area (Å²) >= 11 is 0. The van der Waals surface area contributed by atoms with Crippen molar-refractivity contribution in [3.8, 4) is 0 Å². The number of benzene rings is 2. The fourth-order valence-corrected chi connectivity index (χ4v) is 3.57. The minimum Gasteiger partial charge on any atom is -0.380 e. The molecule has 28 heavy (non-hydrogen) atoms. The van der Waals surface area contributed by atoms with Crippen LogP contribution < -0.4 is 4.90 Å². The van der Waals surface area contributed by atoms with Crippen molar-refractivity contribution in [2.24, 2.45) is 16.8 Å². The van der Waals surface area contributed by atoms with Crippen molar-refractivity contribution < 1.29 is 4.74 Å². The molecule has 1 unspecified atom stereocenters. The third kappa shape index (κ3) is 6.96. The van der Waals surface area contributed by atoms with Crippen LogP contribution in [0.2, 0.25) is 0 Å². The van der Waals surface area contributed by atoms with Gasteiger partial charge in [0.05, 0.1) is 6.61 Å². The predicted octanol–water partition coefficient (Wildman–Crippen LogP) is 5.64. The van der Waals surface area contributed by atoms with Crippen molar-refractivity contribution in [3.05, 3.63) is 66.2 Å². The highest BCUT2D eigenvalue weighted by Crippen LogP contribution is 2.22. The zero-order valence-electron chi connectivity index (χ0n) is 17.1. The lowest BCUT2D eigenvalue weighted by atomic mass is 10.00. The van der Waals surface area contributed by atoms with Crippen molar-refractivity contribution in [2.75, 3.05) is 31.2 Å². The molecule has 4 heteroatoms. The van der Waals surface area contributed by atoms with E-state index < -0.39 is 0 Å². The monoisotopic (exact) mass is 400 g/mol. The zero-order chi connectivity index (χ0) is 18.9. The van der Waals surface area contributed by atoms with Gasteiger partial charge in [-0.1, -0.05) is 62.4 Å². The summed E-state index contributed by atoms with van der Waals surface area (Å²) in [6.07, 6.45) is 2.30. The van der Waals surface area contributed by atoms with Crippen LogP contribution in [-0.4, -0.2) is 32.0 Å². The first-order chi connectivity index (χ1) is 13.2. The Balaban J connectivity index is 0.00000280. The van der Waals surface area contributed by atoms with E-state index >= 15 is 0 Å². The summed E-state index contributed by atoms with van der Waals surface area (Å²) in [6, 6.07) is 21.4. The van der Waals surface area contributed by atoms with Gasteiger partial charge in [-0.15, -0.1) is 12.4 Å². The van der Waals surface area contributed by atoms with Gasteiger partial charge in [0.25, 0.3) is 0 Å². The quantitative estimate of drug-likeness (QED) is 0.515. The number of hydrogen-bond acceptors (Lipinski definition) is 3. The number of aliphatic imine (C=N–C) groups is 1. The molecular formula is C24H33ClN2O. The van der Waals surface area contributed by atoms with Crippen LogP contribution in [0.25, 0.3) is 0 Å². The predicted molar refractivity (Wildman–Crippen MR) is 122 cm³/mol. The molecule has 0 saturated carbocycles. The summed E-state index contributed by atoms with van der Waals surface area (Å²) in [5.74, 6) is 0.917. The third-order valence-corrected chi connectivity index (χ3v) is 4.93. The molecule has 0 bridgehead atoms. The molecule has 0 aliphatic carbocycles. The van der Waals surface area contributed by atoms with E-state index in [-0.39, 0.29) is 12.4 Å². The van der Waals surface area contributed by atoms with Crippen LogP contribution in [0.3, 0.4) is 0 Å². The highest BCUT2D eigenvalue weighted by atomic mass is 35.5. The lowest BCUT2D eigenvalue weighted by Gasteiger charge is -2.30. The smallest absolute Gasteiger partial charge is 0.0563 e. The molecule has 0 radical (unpaired) electrons. The number of ether oxygens (including phenoxy) is 1. The molecule has 0 aromatic heterocycles. The van der Waals surface area contributed by atoms with Crippen LogP contribution in [0.5, 0.6) is 0 Å². The van der Waals surface area contributed by atoms with Gasteiger partial charge in [0.15, 0.2) is 0 Å². The summed E-state index contributed by atoms with van der Waals surface area (Å²) in [4.78, 5) is 7.27. The molecule has 0 N–H and O–H groups in total. The second kappa shape index (κ2) is 11.9. The highest BCUT2D eigenvalue weighted by molar-refractivity contribution is 5.88. The van der Waals surface area contributed by atoms with E-state index in [0.29, 0.717) is 11.8 Å². The maximum Gasteiger partial charge on any atom is 0.0563 e. The maximum absolute atomic E-state index is 6.05. The standard InChI is InChI=1S/C24H32N2O.ClH/c1-20(2)18-27-19-22(24-14-9-15-25-24)17-26(23-12-7-4-8-13-23)16-21-10-5-3-6-11-21;/h3-8,10-13,20,22H,9,14-19H2,1-2H3;1H. The largest absolute Gasteiger partial charge is 0.380 e. The minimum absolute atomic E-state index is 0. The van der Waals surface area contributed by atoms with Crippen LogP contribution in [0.4, 0.5) is 5.69 Å². The summed E-state index contributed by atoms with van der Waals surface area (Å²) in [5.41, 5.74) is 3.93. The van der Waals surface area contributed by atoms with E-state index in [1.54, 1.807) is 0 Å². The van der Waals surface area contributed by atoms with E-state index in [1.165, 1.54) is 23.4 Å². The molecule has 1 heterocycles. The second-order valence-corrected chi connectivity index (χ2v) is 7.81. The SMILES string of the molecule is CC(C)COCC(CN(Cc1ccccc1)c1ccccc1)C1=NCCC1.Cl. The lowest BCUT2D eigenvalue weighted by Crippen LogP contribution is -2.35. The van der Waals surface area contributed by atoms with Gasteiger partial charge in [0.2, 0.25) is 0 Å². The van der Waals surface area contributed by atoms with Gasteiger partial charge in [0, 0.05) is 43.6 Å². The Morgan fingerprint density at radius 3 is 2.25 bits per heavy atom. The molecule has 0 fully saturated rings. The molecule has 1 atom stereocenters. The Hall–Kier alpha value is -1.84. The molecule has 2 aromatic carbocycles. The van der Waals surface area contributed by atoms with Gasteiger partial charge in [-0.25, -0.2) is 0 Å². The molecule has 0 saturated heterocycles. The molecule has 152 valence electrons. The van der Waals surface area contributed by atoms with Crippen LogP contribution >= 0.6 is 12.4 Å². The maximum atomic E-state index is 6.05. The first kappa shape index (κ1) is 22.4. The summed E-state index contributed by atoms with van der Waals surface area (Å²) < 4.78 is 6.05. The highest BCUT2D eigenvalue weighted by Gasteiger charge is 2.23. The summed E-state index contributed by atoms with van der Waals surface area (Å²) in [7, 11) is 0. The Labute approximate surface area is 176 Å². The van der Waals surface area contributed by atoms with Gasteiger partial charge in [-0.2, -0.15) is 0 Å². The van der Waals surface area contributed by atoms with E-state index in [1.807, 2.05) is 0 Å². The first-order valence-electron chi connectivity index (χ1n) is 10.2. The van der Waals surface area contributed by atoms with Gasteiger partial charge >= 0.3 is 0 Å². The summed E-state index contributed by atoms with van der Waals surface area (Å²) in [6.45, 7) is 8.79. The average molecular weight is 401 g/mol. The van der Waals surface area contributed by atoms with Gasteiger partial charge in [-0.05, 0) is 36.5 Å². The van der Waals surface area contributed by atoms with Crippen molar-refractivity contribution in [3.63, 3.8) is 0 Å². The molecule has 1 aliphatic rings. The van der Waals surface area contributed by atoms with Crippen LogP contribution in [0, 0.1) is 11.8 Å². The van der Waals surface area contributed by atoms with Gasteiger partial charge < -0.3 is 9.64 Å². The Morgan fingerprint density at radius 2 is 1.64 bits per heavy atom. The van der Waals surface area contributed by atoms with Crippen molar-refractivity contribution in [2.45, 2.75) is 33.2 Å². The number of hydrogen-bond donors (Lipinski definition) is 0. The Morgan fingerprint density at radius 1 is 0.964 bits per heavy atom. The number of rotatable bonds is 10. The fraction of sp³-hybridized carbons (Fsp3) is 0.458. The third-order valence-electron chi connectivity index (χ3n) is 4.93. The molecule has 3 nitrogen and oxygen atoms in total. The normalized spacial score (nSPS) is 14.5. The molecule has 0 spiro atoms. The van der Waals surface area contributed by atoms with Crippen molar-refractivity contribution >= 4 is 23.8 Å². The number of para-hydroxylation sites is 1. The van der Waals surface area contributed by atoms with Crippen molar-refractivity contribution in [1.82, 2.24) is 0 Å². The number of anilines is 1. The van der Waals surface area contributed by atoms with Crippen LogP contribution in [0.1, 0.15) is 32.3 Å². The van der Waals surface area contributed by atoms with Crippen molar-refractivity contribution in [1.29, 1.82) is 0 Å². The first-order valence-corrected chi connectivity index (χ1v) is 10.2. The van der Waals surface area contributed by atoms with Crippen LogP contribution in [-0.2, 0) is 11.3 Å². The van der Waals surface area contributed by atoms with E-state index in [4.69, 9.17) is 9.73 Å². The Kier molecular flexibility index (Phi) is 9.52. The fourth-order valence-electron chi connectivity index (χ4n) is 3.57. The molecule has 2 aromatic rings. The zero-order valence-corrected chi connectivity index (χ0v) is 17.9. The topological polar surface area (TPSA) is 24.8 Å². The Bertz CT molecular complexity index is 703. The summed E-state index contributed by atoms with van der Waals surface area (Å²) in [5, 5.41) is 0. The molecule has 3 rings (SSSR count).